The van der Waals surface area contributed by atoms with Gasteiger partial charge in [-0.25, -0.2) is 8.78 Å². The van der Waals surface area contributed by atoms with E-state index < -0.39 is 23.4 Å². The summed E-state index contributed by atoms with van der Waals surface area (Å²) in [5.41, 5.74) is 0.998. The molecule has 0 aliphatic carbocycles. The van der Waals surface area contributed by atoms with E-state index in [2.05, 4.69) is 10.3 Å². The van der Waals surface area contributed by atoms with Crippen LogP contribution in [0.2, 0.25) is 0 Å². The first-order chi connectivity index (χ1) is 15.9. The smallest absolute Gasteiger partial charge is 0.278 e. The average Bonchev–Trinajstić information content (AvgIpc) is 3.05. The van der Waals surface area contributed by atoms with Crippen molar-refractivity contribution in [3.63, 3.8) is 0 Å². The van der Waals surface area contributed by atoms with Crippen molar-refractivity contribution in [3.8, 4) is 11.5 Å². The summed E-state index contributed by atoms with van der Waals surface area (Å²) >= 11 is 0. The van der Waals surface area contributed by atoms with Crippen molar-refractivity contribution in [1.82, 2.24) is 9.88 Å². The molecule has 0 saturated heterocycles. The molecule has 0 radical (unpaired) electrons. The third-order valence-electron chi connectivity index (χ3n) is 5.08. The second-order valence-corrected chi connectivity index (χ2v) is 7.09. The van der Waals surface area contributed by atoms with Crippen LogP contribution in [0.3, 0.4) is 0 Å². The van der Waals surface area contributed by atoms with E-state index in [1.807, 2.05) is 0 Å². The van der Waals surface area contributed by atoms with Gasteiger partial charge in [0.05, 0.1) is 32.0 Å². The van der Waals surface area contributed by atoms with Gasteiger partial charge in [-0.05, 0) is 42.0 Å². The molecule has 1 aliphatic heterocycles. The molecule has 1 aliphatic rings. The molecular weight excluding hydrogens is 432 g/mol. The monoisotopic (exact) mass is 451 g/mol. The zero-order valence-electron chi connectivity index (χ0n) is 17.8. The number of amides is 2. The molecule has 2 heterocycles. The quantitative estimate of drug-likeness (QED) is 0.551. The molecule has 168 valence electrons. The number of rotatable bonds is 7. The number of hydrogen-bond donors (Lipinski definition) is 1. The molecule has 0 unspecified atom stereocenters. The molecule has 7 nitrogen and oxygen atoms in total. The van der Waals surface area contributed by atoms with Gasteiger partial charge in [-0.2, -0.15) is 0 Å². The van der Waals surface area contributed by atoms with Crippen LogP contribution < -0.4 is 14.8 Å². The molecule has 1 N–H and O–H groups in total. The lowest BCUT2D eigenvalue weighted by molar-refractivity contribution is -0.137. The van der Waals surface area contributed by atoms with E-state index in [9.17, 15) is 18.4 Å². The lowest BCUT2D eigenvalue weighted by Gasteiger charge is -2.15. The van der Waals surface area contributed by atoms with Crippen LogP contribution in [0.25, 0.3) is 5.57 Å². The van der Waals surface area contributed by atoms with Crippen LogP contribution in [0.5, 0.6) is 11.5 Å². The number of benzene rings is 2. The number of imide groups is 1. The summed E-state index contributed by atoms with van der Waals surface area (Å²) in [4.78, 5) is 31.9. The Kier molecular flexibility index (Phi) is 6.03. The Labute approximate surface area is 188 Å². The summed E-state index contributed by atoms with van der Waals surface area (Å²) in [5, 5.41) is 2.79. The largest absolute Gasteiger partial charge is 0.493 e. The zero-order valence-corrected chi connectivity index (χ0v) is 17.8. The van der Waals surface area contributed by atoms with E-state index in [1.165, 1.54) is 20.3 Å². The number of anilines is 1. The predicted molar refractivity (Wildman–Crippen MR) is 116 cm³/mol. The van der Waals surface area contributed by atoms with Crippen LogP contribution >= 0.6 is 0 Å². The highest BCUT2D eigenvalue weighted by Crippen LogP contribution is 2.36. The number of ether oxygens (including phenoxy) is 2. The number of nitrogens with zero attached hydrogens (tertiary/aromatic N) is 2. The second-order valence-electron chi connectivity index (χ2n) is 7.09. The van der Waals surface area contributed by atoms with Crippen molar-refractivity contribution in [3.05, 3.63) is 89.4 Å². The first kappa shape index (κ1) is 21.9. The van der Waals surface area contributed by atoms with Gasteiger partial charge in [0.2, 0.25) is 0 Å². The summed E-state index contributed by atoms with van der Waals surface area (Å²) in [6.45, 7) is -0.0573. The predicted octanol–water partition coefficient (Wildman–Crippen LogP) is 3.77. The molecule has 0 atom stereocenters. The molecule has 0 bridgehead atoms. The number of carbonyl (C=O) groups excluding carboxylic acids is 2. The first-order valence-electron chi connectivity index (χ1n) is 9.87. The SMILES string of the molecule is COc1ccc(C2=C(Nc3ccc(F)c(F)c3)C(=O)N(Cc3ccccn3)C2=O)cc1OC. The Bertz CT molecular complexity index is 1260. The van der Waals surface area contributed by atoms with Gasteiger partial charge in [0.15, 0.2) is 23.1 Å². The fraction of sp³-hybridized carbons (Fsp3) is 0.125. The highest BCUT2D eigenvalue weighted by molar-refractivity contribution is 6.36. The van der Waals surface area contributed by atoms with Crippen molar-refractivity contribution in [1.29, 1.82) is 0 Å². The second kappa shape index (κ2) is 9.07. The minimum Gasteiger partial charge on any atom is -0.493 e. The van der Waals surface area contributed by atoms with Crippen LogP contribution in [0, 0.1) is 11.6 Å². The summed E-state index contributed by atoms with van der Waals surface area (Å²) in [6, 6.07) is 13.1. The molecule has 0 fully saturated rings. The van der Waals surface area contributed by atoms with Crippen molar-refractivity contribution >= 4 is 23.1 Å². The summed E-state index contributed by atoms with van der Waals surface area (Å²) in [5.74, 6) is -2.50. The third-order valence-corrected chi connectivity index (χ3v) is 5.08. The van der Waals surface area contributed by atoms with Crippen LogP contribution in [0.1, 0.15) is 11.3 Å². The molecule has 4 rings (SSSR count). The van der Waals surface area contributed by atoms with E-state index >= 15 is 0 Å². The number of nitrogens with one attached hydrogen (secondary N) is 1. The van der Waals surface area contributed by atoms with E-state index in [-0.39, 0.29) is 23.5 Å². The number of carbonyl (C=O) groups is 2. The standard InChI is InChI=1S/C24H19F2N3O4/c1-32-19-9-6-14(11-20(19)33-2)21-22(28-15-7-8-17(25)18(26)12-15)24(31)29(23(21)30)13-16-5-3-4-10-27-16/h3-12,28H,13H2,1-2H3. The van der Waals surface area contributed by atoms with Crippen molar-refractivity contribution in [2.75, 3.05) is 19.5 Å². The highest BCUT2D eigenvalue weighted by Gasteiger charge is 2.39. The van der Waals surface area contributed by atoms with Crippen molar-refractivity contribution in [2.45, 2.75) is 6.54 Å². The van der Waals surface area contributed by atoms with Gasteiger partial charge in [-0.3, -0.25) is 19.5 Å². The van der Waals surface area contributed by atoms with Gasteiger partial charge < -0.3 is 14.8 Å². The fourth-order valence-electron chi connectivity index (χ4n) is 3.47. The summed E-state index contributed by atoms with van der Waals surface area (Å²) in [6.07, 6.45) is 1.56. The number of methoxy groups -OCH3 is 2. The van der Waals surface area contributed by atoms with Crippen molar-refractivity contribution < 1.29 is 27.8 Å². The maximum absolute atomic E-state index is 13.8. The van der Waals surface area contributed by atoms with Crippen LogP contribution in [0.15, 0.2) is 66.5 Å². The minimum absolute atomic E-state index is 0.0571. The third kappa shape index (κ3) is 4.25. The Morgan fingerprint density at radius 1 is 0.909 bits per heavy atom. The van der Waals surface area contributed by atoms with Crippen molar-refractivity contribution in [2.24, 2.45) is 0 Å². The molecule has 9 heteroatoms. The number of halogens is 2. The Hall–Kier alpha value is -4.27. The summed E-state index contributed by atoms with van der Waals surface area (Å²) in [7, 11) is 2.93. The van der Waals surface area contributed by atoms with Crippen LogP contribution in [-0.4, -0.2) is 35.9 Å². The highest BCUT2D eigenvalue weighted by atomic mass is 19.2. The van der Waals surface area contributed by atoms with E-state index in [4.69, 9.17) is 9.47 Å². The molecular formula is C24H19F2N3O4. The average molecular weight is 451 g/mol. The van der Waals surface area contributed by atoms with Crippen LogP contribution in [-0.2, 0) is 16.1 Å². The lowest BCUT2D eigenvalue weighted by Crippen LogP contribution is -2.32. The number of hydrogen-bond acceptors (Lipinski definition) is 6. The minimum atomic E-state index is -1.09. The van der Waals surface area contributed by atoms with Gasteiger partial charge >= 0.3 is 0 Å². The van der Waals surface area contributed by atoms with Crippen LogP contribution in [0.4, 0.5) is 14.5 Å². The maximum Gasteiger partial charge on any atom is 0.278 e. The molecule has 33 heavy (non-hydrogen) atoms. The molecule has 3 aromatic rings. The van der Waals surface area contributed by atoms with Gasteiger partial charge in [-0.15, -0.1) is 0 Å². The fourth-order valence-corrected chi connectivity index (χ4v) is 3.47. The molecule has 0 spiro atoms. The van der Waals surface area contributed by atoms with E-state index in [0.717, 1.165) is 17.0 Å². The number of aromatic nitrogens is 1. The first-order valence-corrected chi connectivity index (χ1v) is 9.87. The Balaban J connectivity index is 1.79. The van der Waals surface area contributed by atoms with E-state index in [0.29, 0.717) is 22.8 Å². The topological polar surface area (TPSA) is 80.8 Å². The zero-order chi connectivity index (χ0) is 23.5. The Morgan fingerprint density at radius 3 is 2.36 bits per heavy atom. The van der Waals surface area contributed by atoms with Gasteiger partial charge in [0.1, 0.15) is 5.70 Å². The van der Waals surface area contributed by atoms with E-state index in [1.54, 1.807) is 42.6 Å². The molecule has 0 saturated carbocycles. The van der Waals surface area contributed by atoms with Gasteiger partial charge in [0.25, 0.3) is 11.8 Å². The normalized spacial score (nSPS) is 13.5. The molecule has 2 amide bonds. The lowest BCUT2D eigenvalue weighted by atomic mass is 10.0. The Morgan fingerprint density at radius 2 is 1.70 bits per heavy atom. The number of pyridine rings is 1. The van der Waals surface area contributed by atoms with Gasteiger partial charge in [-0.1, -0.05) is 12.1 Å². The molecule has 2 aromatic carbocycles. The molecule has 1 aromatic heterocycles. The maximum atomic E-state index is 13.8. The summed E-state index contributed by atoms with van der Waals surface area (Å²) < 4.78 is 37.7. The van der Waals surface area contributed by atoms with Gasteiger partial charge in [0, 0.05) is 18.0 Å².